The number of hydrogen-bond acceptors (Lipinski definition) is 5. The zero-order valence-corrected chi connectivity index (χ0v) is 14.2. The number of benzene rings is 1. The second-order valence-corrected chi connectivity index (χ2v) is 5.93. The highest BCUT2D eigenvalue weighted by Crippen LogP contribution is 2.15. The minimum Gasteiger partial charge on any atom is -0.472 e. The molecule has 0 bridgehead atoms. The number of nitrogens with zero attached hydrogens (tertiary/aromatic N) is 1. The van der Waals surface area contributed by atoms with Gasteiger partial charge >= 0.3 is 6.09 Å². The van der Waals surface area contributed by atoms with Crippen molar-refractivity contribution in [3.63, 3.8) is 0 Å². The van der Waals surface area contributed by atoms with Gasteiger partial charge in [0.1, 0.15) is 18.9 Å². The molecule has 0 radical (unpaired) electrons. The van der Waals surface area contributed by atoms with Crippen LogP contribution in [0.3, 0.4) is 0 Å². The van der Waals surface area contributed by atoms with Gasteiger partial charge in [-0.05, 0) is 30.7 Å². The number of amides is 3. The lowest BCUT2D eigenvalue weighted by atomic mass is 10.2. The van der Waals surface area contributed by atoms with E-state index in [4.69, 9.17) is 9.15 Å². The summed E-state index contributed by atoms with van der Waals surface area (Å²) in [4.78, 5) is 37.4. The van der Waals surface area contributed by atoms with Crippen molar-refractivity contribution < 1.29 is 23.5 Å². The van der Waals surface area contributed by atoms with Crippen molar-refractivity contribution in [2.45, 2.75) is 19.5 Å². The van der Waals surface area contributed by atoms with Gasteiger partial charge in [-0.2, -0.15) is 0 Å². The summed E-state index contributed by atoms with van der Waals surface area (Å²) in [6, 6.07) is 7.98. The minimum atomic E-state index is -0.727. The maximum Gasteiger partial charge on any atom is 0.410 e. The molecular formula is C18H19N3O5. The lowest BCUT2D eigenvalue weighted by Gasteiger charge is -2.15. The summed E-state index contributed by atoms with van der Waals surface area (Å²) >= 11 is 0. The predicted octanol–water partition coefficient (Wildman–Crippen LogP) is 1.99. The number of furan rings is 1. The van der Waals surface area contributed by atoms with Gasteiger partial charge in [0.25, 0.3) is 5.91 Å². The molecule has 1 aromatic carbocycles. The lowest BCUT2D eigenvalue weighted by molar-refractivity contribution is -0.117. The van der Waals surface area contributed by atoms with E-state index in [1.807, 2.05) is 6.07 Å². The highest BCUT2D eigenvalue weighted by Gasteiger charge is 2.22. The summed E-state index contributed by atoms with van der Waals surface area (Å²) in [5.74, 6) is -0.734. The standard InChI is InChI=1S/C18H19N3O5/c1-12(19-17(23)14-5-7-25-11-14)16(22)20-15-4-2-3-13(9-15)10-21-6-8-26-18(21)24/h2-5,7,9,11-12H,6,8,10H2,1H3,(H,19,23)(H,20,22)/t12-/m0/s1. The molecule has 1 fully saturated rings. The van der Waals surface area contributed by atoms with E-state index in [2.05, 4.69) is 10.6 Å². The molecule has 0 unspecified atom stereocenters. The van der Waals surface area contributed by atoms with Gasteiger partial charge in [0, 0.05) is 12.2 Å². The van der Waals surface area contributed by atoms with Crippen molar-refractivity contribution in [3.8, 4) is 0 Å². The van der Waals surface area contributed by atoms with Crippen LogP contribution in [0, 0.1) is 0 Å². The predicted molar refractivity (Wildman–Crippen MR) is 92.5 cm³/mol. The number of rotatable bonds is 6. The highest BCUT2D eigenvalue weighted by atomic mass is 16.6. The van der Waals surface area contributed by atoms with Crippen LogP contribution in [-0.2, 0) is 16.1 Å². The minimum absolute atomic E-state index is 0.338. The fourth-order valence-corrected chi connectivity index (χ4v) is 2.53. The number of carbonyl (C=O) groups excluding carboxylic acids is 3. The molecule has 2 N–H and O–H groups in total. The molecule has 136 valence electrons. The maximum atomic E-state index is 12.3. The van der Waals surface area contributed by atoms with Gasteiger partial charge in [0.15, 0.2) is 0 Å². The SMILES string of the molecule is C[C@H](NC(=O)c1ccoc1)C(=O)Nc1cccc(CN2CCOC2=O)c1. The van der Waals surface area contributed by atoms with Crippen LogP contribution in [0.2, 0.25) is 0 Å². The summed E-state index contributed by atoms with van der Waals surface area (Å²) in [7, 11) is 0. The first kappa shape index (κ1) is 17.5. The average Bonchev–Trinajstić information content (AvgIpc) is 3.28. The van der Waals surface area contributed by atoms with Gasteiger partial charge in [0.2, 0.25) is 5.91 Å². The second-order valence-electron chi connectivity index (χ2n) is 5.93. The van der Waals surface area contributed by atoms with E-state index >= 15 is 0 Å². The molecule has 1 saturated heterocycles. The van der Waals surface area contributed by atoms with E-state index in [1.165, 1.54) is 18.6 Å². The molecular weight excluding hydrogens is 338 g/mol. The van der Waals surface area contributed by atoms with Crippen LogP contribution in [0.15, 0.2) is 47.3 Å². The van der Waals surface area contributed by atoms with Crippen molar-refractivity contribution in [3.05, 3.63) is 54.0 Å². The van der Waals surface area contributed by atoms with E-state index in [0.717, 1.165) is 5.56 Å². The summed E-state index contributed by atoms with van der Waals surface area (Å²) in [6.45, 7) is 2.95. The fourth-order valence-electron chi connectivity index (χ4n) is 2.53. The average molecular weight is 357 g/mol. The Morgan fingerprint density at radius 2 is 2.15 bits per heavy atom. The molecule has 8 heteroatoms. The van der Waals surface area contributed by atoms with E-state index in [-0.39, 0.29) is 17.9 Å². The number of nitrogens with one attached hydrogen (secondary N) is 2. The van der Waals surface area contributed by atoms with Crippen LogP contribution in [0.1, 0.15) is 22.8 Å². The topological polar surface area (TPSA) is 101 Å². The Morgan fingerprint density at radius 3 is 2.85 bits per heavy atom. The molecule has 1 atom stereocenters. The molecule has 26 heavy (non-hydrogen) atoms. The summed E-state index contributed by atoms with van der Waals surface area (Å²) < 4.78 is 9.75. The Labute approximate surface area is 150 Å². The largest absolute Gasteiger partial charge is 0.472 e. The molecule has 3 amide bonds. The molecule has 8 nitrogen and oxygen atoms in total. The first-order valence-corrected chi connectivity index (χ1v) is 8.17. The smallest absolute Gasteiger partial charge is 0.410 e. The molecule has 0 spiro atoms. The van der Waals surface area contributed by atoms with Crippen LogP contribution in [-0.4, -0.2) is 42.0 Å². The van der Waals surface area contributed by atoms with Crippen LogP contribution < -0.4 is 10.6 Å². The van der Waals surface area contributed by atoms with E-state index in [1.54, 1.807) is 30.0 Å². The molecule has 3 rings (SSSR count). The Bertz CT molecular complexity index is 803. The van der Waals surface area contributed by atoms with E-state index in [9.17, 15) is 14.4 Å². The number of ether oxygens (including phenoxy) is 1. The maximum absolute atomic E-state index is 12.3. The number of anilines is 1. The first-order chi connectivity index (χ1) is 12.5. The van der Waals surface area contributed by atoms with Gasteiger partial charge in [-0.3, -0.25) is 9.59 Å². The Hall–Kier alpha value is -3.29. The van der Waals surface area contributed by atoms with Gasteiger partial charge in [-0.15, -0.1) is 0 Å². The monoisotopic (exact) mass is 357 g/mol. The molecule has 0 aliphatic carbocycles. The normalized spacial score (nSPS) is 14.7. The van der Waals surface area contributed by atoms with Gasteiger partial charge in [-0.25, -0.2) is 4.79 Å². The van der Waals surface area contributed by atoms with Crippen LogP contribution in [0.25, 0.3) is 0 Å². The van der Waals surface area contributed by atoms with Crippen LogP contribution in [0.4, 0.5) is 10.5 Å². The van der Waals surface area contributed by atoms with Crippen molar-refractivity contribution in [1.29, 1.82) is 0 Å². The van der Waals surface area contributed by atoms with Crippen molar-refractivity contribution in [1.82, 2.24) is 10.2 Å². The lowest BCUT2D eigenvalue weighted by Crippen LogP contribution is -2.41. The van der Waals surface area contributed by atoms with Crippen LogP contribution in [0.5, 0.6) is 0 Å². The quantitative estimate of drug-likeness (QED) is 0.823. The highest BCUT2D eigenvalue weighted by molar-refractivity contribution is 6.00. The molecule has 1 aromatic heterocycles. The van der Waals surface area contributed by atoms with Gasteiger partial charge in [-0.1, -0.05) is 12.1 Å². The third kappa shape index (κ3) is 4.21. The summed E-state index contributed by atoms with van der Waals surface area (Å²) in [5.41, 5.74) is 1.81. The summed E-state index contributed by atoms with van der Waals surface area (Å²) in [6.07, 6.45) is 2.36. The third-order valence-electron chi connectivity index (χ3n) is 3.94. The van der Waals surface area contributed by atoms with Gasteiger partial charge < -0.3 is 24.7 Å². The Kier molecular flexibility index (Phi) is 5.21. The van der Waals surface area contributed by atoms with Crippen molar-refractivity contribution in [2.24, 2.45) is 0 Å². The molecule has 0 saturated carbocycles. The number of carbonyl (C=O) groups is 3. The van der Waals surface area contributed by atoms with Crippen LogP contribution >= 0.6 is 0 Å². The Balaban J connectivity index is 1.57. The first-order valence-electron chi connectivity index (χ1n) is 8.17. The van der Waals surface area contributed by atoms with E-state index in [0.29, 0.717) is 30.9 Å². The zero-order chi connectivity index (χ0) is 18.5. The zero-order valence-electron chi connectivity index (χ0n) is 14.2. The number of cyclic esters (lactones) is 1. The number of hydrogen-bond donors (Lipinski definition) is 2. The van der Waals surface area contributed by atoms with Crippen molar-refractivity contribution >= 4 is 23.6 Å². The molecule has 1 aliphatic heterocycles. The second kappa shape index (κ2) is 7.73. The molecule has 2 aromatic rings. The van der Waals surface area contributed by atoms with E-state index < -0.39 is 6.04 Å². The molecule has 1 aliphatic rings. The fraction of sp³-hybridized carbons (Fsp3) is 0.278. The third-order valence-corrected chi connectivity index (χ3v) is 3.94. The van der Waals surface area contributed by atoms with Gasteiger partial charge in [0.05, 0.1) is 18.4 Å². The van der Waals surface area contributed by atoms with Crippen molar-refractivity contribution in [2.75, 3.05) is 18.5 Å². The summed E-state index contributed by atoms with van der Waals surface area (Å²) in [5, 5.41) is 5.36. The Morgan fingerprint density at radius 1 is 1.31 bits per heavy atom. The molecule has 2 heterocycles.